The van der Waals surface area contributed by atoms with Gasteiger partial charge in [-0.05, 0) is 69.8 Å². The fraction of sp³-hybridized carbons (Fsp3) is 0.121. The lowest BCUT2D eigenvalue weighted by Gasteiger charge is -2.20. The van der Waals surface area contributed by atoms with Gasteiger partial charge in [0, 0.05) is 45.6 Å². The van der Waals surface area contributed by atoms with E-state index in [1.165, 1.54) is 0 Å². The molecule has 0 fully saturated rings. The van der Waals surface area contributed by atoms with Gasteiger partial charge in [0.1, 0.15) is 5.75 Å². The summed E-state index contributed by atoms with van der Waals surface area (Å²) in [6.45, 7) is 3.48. The van der Waals surface area contributed by atoms with Crippen LogP contribution in [0.5, 0.6) is 5.75 Å². The van der Waals surface area contributed by atoms with Crippen LogP contribution in [0.4, 0.5) is 11.4 Å². The van der Waals surface area contributed by atoms with E-state index in [0.717, 1.165) is 50.9 Å². The molecule has 0 aliphatic carbocycles. The number of carbonyl (C=O) groups excluding carboxylic acids is 1. The van der Waals surface area contributed by atoms with Gasteiger partial charge in [0.15, 0.2) is 0 Å². The maximum Gasteiger partial charge on any atom is 0.335 e. The van der Waals surface area contributed by atoms with Gasteiger partial charge in [0.25, 0.3) is 0 Å². The molecule has 0 unspecified atom stereocenters. The third-order valence-corrected chi connectivity index (χ3v) is 6.19. The van der Waals surface area contributed by atoms with E-state index in [1.807, 2.05) is 58.5 Å². The van der Waals surface area contributed by atoms with Gasteiger partial charge in [-0.15, -0.1) is 0 Å². The molecule has 0 heterocycles. The van der Waals surface area contributed by atoms with Crippen molar-refractivity contribution in [2.24, 2.45) is 0 Å². The zero-order valence-corrected chi connectivity index (χ0v) is 21.8. The Labute approximate surface area is 219 Å². The van der Waals surface area contributed by atoms with Gasteiger partial charge in [-0.1, -0.05) is 73.3 Å². The zero-order chi connectivity index (χ0) is 26.4. The first-order valence-electron chi connectivity index (χ1n) is 12.2. The maximum atomic E-state index is 11.7. The molecule has 4 nitrogen and oxygen atoms in total. The van der Waals surface area contributed by atoms with Crippen molar-refractivity contribution in [3.8, 4) is 5.75 Å². The highest BCUT2D eigenvalue weighted by Crippen LogP contribution is 2.38. The van der Waals surface area contributed by atoms with Crippen LogP contribution >= 0.6 is 0 Å². The highest BCUT2D eigenvalue weighted by molar-refractivity contribution is 6.04. The maximum absolute atomic E-state index is 11.7. The Morgan fingerprint density at radius 1 is 0.595 bits per heavy atom. The van der Waals surface area contributed by atoms with Crippen LogP contribution in [0.15, 0.2) is 116 Å². The highest BCUT2D eigenvalue weighted by atomic mass is 16.5. The average Bonchev–Trinajstić information content (AvgIpc) is 2.93. The predicted octanol–water partition coefficient (Wildman–Crippen LogP) is 6.92. The number of anilines is 2. The van der Waals surface area contributed by atoms with Crippen LogP contribution in [0.1, 0.15) is 22.3 Å². The van der Waals surface area contributed by atoms with E-state index in [4.69, 9.17) is 4.74 Å². The first-order chi connectivity index (χ1) is 17.9. The number of rotatable bonds is 8. The second-order valence-corrected chi connectivity index (χ2v) is 9.15. The number of esters is 1. The summed E-state index contributed by atoms with van der Waals surface area (Å²) in [6, 6.07) is 35.3. The first kappa shape index (κ1) is 25.5. The molecule has 4 aromatic carbocycles. The van der Waals surface area contributed by atoms with Gasteiger partial charge in [-0.2, -0.15) is 0 Å². The molecule has 0 radical (unpaired) electrons. The zero-order valence-electron chi connectivity index (χ0n) is 21.8. The topological polar surface area (TPSA) is 32.8 Å². The molecule has 0 aliphatic rings. The van der Waals surface area contributed by atoms with E-state index in [0.29, 0.717) is 5.75 Å². The number of carbonyl (C=O) groups is 1. The van der Waals surface area contributed by atoms with E-state index >= 15 is 0 Å². The molecular weight excluding hydrogens is 456 g/mol. The molecule has 4 heteroatoms. The molecule has 0 amide bonds. The fourth-order valence-corrected chi connectivity index (χ4v) is 4.22. The Balaban J connectivity index is 1.97. The highest BCUT2D eigenvalue weighted by Gasteiger charge is 2.17. The van der Waals surface area contributed by atoms with Crippen molar-refractivity contribution in [3.63, 3.8) is 0 Å². The average molecular weight is 489 g/mol. The molecule has 4 aromatic rings. The van der Waals surface area contributed by atoms with Gasteiger partial charge in [0.2, 0.25) is 0 Å². The van der Waals surface area contributed by atoms with E-state index in [9.17, 15) is 4.79 Å². The Morgan fingerprint density at radius 3 is 1.35 bits per heavy atom. The van der Waals surface area contributed by atoms with Crippen molar-refractivity contribution >= 4 is 28.5 Å². The normalized spacial score (nSPS) is 10.4. The summed E-state index contributed by atoms with van der Waals surface area (Å²) >= 11 is 0. The van der Waals surface area contributed by atoms with Gasteiger partial charge in [-0.25, -0.2) is 4.79 Å². The lowest BCUT2D eigenvalue weighted by Crippen LogP contribution is -2.09. The second-order valence-electron chi connectivity index (χ2n) is 9.15. The predicted molar refractivity (Wildman–Crippen MR) is 155 cm³/mol. The SMILES string of the molecule is C=CC(=O)Oc1ccc(C(=C(c2ccc(N(C)C)cc2)c2ccc(N(C)C)cc2)c2ccccc2)cc1. The van der Waals surface area contributed by atoms with Crippen LogP contribution in [0.3, 0.4) is 0 Å². The lowest BCUT2D eigenvalue weighted by molar-refractivity contribution is -0.128. The Kier molecular flexibility index (Phi) is 7.89. The van der Waals surface area contributed by atoms with E-state index in [2.05, 4.69) is 89.2 Å². The largest absolute Gasteiger partial charge is 0.423 e. The molecule has 0 bridgehead atoms. The van der Waals surface area contributed by atoms with Crippen LogP contribution in [0.25, 0.3) is 11.1 Å². The van der Waals surface area contributed by atoms with Gasteiger partial charge < -0.3 is 14.5 Å². The third kappa shape index (κ3) is 5.99. The Bertz CT molecular complexity index is 1330. The molecule has 0 saturated heterocycles. The number of hydrogen-bond acceptors (Lipinski definition) is 4. The molecular formula is C33H32N2O2. The number of ether oxygens (including phenoxy) is 1. The molecule has 0 aromatic heterocycles. The number of hydrogen-bond donors (Lipinski definition) is 0. The molecule has 4 rings (SSSR count). The summed E-state index contributed by atoms with van der Waals surface area (Å²) in [7, 11) is 8.17. The van der Waals surface area contributed by atoms with Gasteiger partial charge >= 0.3 is 5.97 Å². The summed E-state index contributed by atoms with van der Waals surface area (Å²) in [5, 5.41) is 0. The molecule has 0 N–H and O–H groups in total. The fourth-order valence-electron chi connectivity index (χ4n) is 4.22. The standard InChI is InChI=1S/C33H32N2O2/c1-6-31(36)37-30-22-16-27(17-23-30)32(24-10-8-7-9-11-24)33(25-12-18-28(19-13-25)34(2)3)26-14-20-29(21-15-26)35(4)5/h6-23H,1H2,2-5H3. The molecule has 186 valence electrons. The first-order valence-corrected chi connectivity index (χ1v) is 12.2. The van der Waals surface area contributed by atoms with E-state index < -0.39 is 5.97 Å². The van der Waals surface area contributed by atoms with Crippen LogP contribution in [-0.2, 0) is 4.79 Å². The van der Waals surface area contributed by atoms with E-state index in [1.54, 1.807) is 0 Å². The van der Waals surface area contributed by atoms with Crippen LogP contribution < -0.4 is 14.5 Å². The van der Waals surface area contributed by atoms with Crippen molar-refractivity contribution in [3.05, 3.63) is 138 Å². The van der Waals surface area contributed by atoms with E-state index in [-0.39, 0.29) is 0 Å². The molecule has 37 heavy (non-hydrogen) atoms. The second kappa shape index (κ2) is 11.4. The van der Waals surface area contributed by atoms with Crippen LogP contribution in [0.2, 0.25) is 0 Å². The van der Waals surface area contributed by atoms with Crippen molar-refractivity contribution in [2.45, 2.75) is 0 Å². The summed E-state index contributed by atoms with van der Waals surface area (Å²) < 4.78 is 5.32. The molecule has 0 aliphatic heterocycles. The summed E-state index contributed by atoms with van der Waals surface area (Å²) in [5.41, 5.74) is 8.85. The number of nitrogens with zero attached hydrogens (tertiary/aromatic N) is 2. The Morgan fingerprint density at radius 2 is 0.973 bits per heavy atom. The van der Waals surface area contributed by atoms with Crippen molar-refractivity contribution in [2.75, 3.05) is 38.0 Å². The smallest absolute Gasteiger partial charge is 0.335 e. The monoisotopic (exact) mass is 488 g/mol. The van der Waals surface area contributed by atoms with Crippen LogP contribution in [-0.4, -0.2) is 34.2 Å². The van der Waals surface area contributed by atoms with Crippen molar-refractivity contribution in [1.82, 2.24) is 0 Å². The summed E-state index contributed by atoms with van der Waals surface area (Å²) in [5.74, 6) is 0.00233. The van der Waals surface area contributed by atoms with Gasteiger partial charge in [-0.3, -0.25) is 0 Å². The molecule has 0 saturated carbocycles. The van der Waals surface area contributed by atoms with Gasteiger partial charge in [0.05, 0.1) is 0 Å². The quantitative estimate of drug-likeness (QED) is 0.117. The minimum atomic E-state index is -0.478. The Hall–Kier alpha value is -4.57. The summed E-state index contributed by atoms with van der Waals surface area (Å²) in [4.78, 5) is 15.9. The minimum Gasteiger partial charge on any atom is -0.423 e. The number of benzene rings is 4. The molecule has 0 atom stereocenters. The summed E-state index contributed by atoms with van der Waals surface area (Å²) in [6.07, 6.45) is 1.16. The third-order valence-electron chi connectivity index (χ3n) is 6.19. The van der Waals surface area contributed by atoms with Crippen LogP contribution in [0, 0.1) is 0 Å². The van der Waals surface area contributed by atoms with Crippen molar-refractivity contribution < 1.29 is 9.53 Å². The minimum absolute atomic E-state index is 0.478. The van der Waals surface area contributed by atoms with Crippen molar-refractivity contribution in [1.29, 1.82) is 0 Å². The lowest BCUT2D eigenvalue weighted by atomic mass is 9.85. The molecule has 0 spiro atoms.